The molecular formula is C16H14BrN3O2S. The third-order valence-corrected chi connectivity index (χ3v) is 4.91. The molecule has 3 aromatic rings. The van der Waals surface area contributed by atoms with Crippen LogP contribution in [-0.4, -0.2) is 15.5 Å². The standard InChI is InChI=1S/C16H14BrN3O2S/c1-10-2-3-13(12(17)8-10)19-14(21)4-6-20-9-18-15-11(16(20)22)5-7-23-15/h2-3,5,7-9H,4,6H2,1H3,(H,19,21). The number of rotatable bonds is 4. The number of carbonyl (C=O) groups is 1. The highest BCUT2D eigenvalue weighted by atomic mass is 79.9. The highest BCUT2D eigenvalue weighted by Gasteiger charge is 2.09. The average molecular weight is 392 g/mol. The number of thiophene rings is 1. The number of nitrogens with one attached hydrogen (secondary N) is 1. The predicted molar refractivity (Wildman–Crippen MR) is 96.0 cm³/mol. The molecule has 0 unspecified atom stereocenters. The molecule has 5 nitrogen and oxygen atoms in total. The van der Waals surface area contributed by atoms with Crippen LogP contribution in [0, 0.1) is 6.92 Å². The van der Waals surface area contributed by atoms with Crippen molar-refractivity contribution in [3.63, 3.8) is 0 Å². The number of hydrogen-bond donors (Lipinski definition) is 1. The molecule has 0 spiro atoms. The molecule has 2 heterocycles. The molecule has 1 N–H and O–H groups in total. The summed E-state index contributed by atoms with van der Waals surface area (Å²) in [5, 5.41) is 5.27. The molecule has 0 aliphatic rings. The number of amides is 1. The third kappa shape index (κ3) is 3.51. The molecule has 7 heteroatoms. The van der Waals surface area contributed by atoms with E-state index in [1.165, 1.54) is 22.2 Å². The zero-order valence-electron chi connectivity index (χ0n) is 12.4. The van der Waals surface area contributed by atoms with E-state index in [9.17, 15) is 9.59 Å². The van der Waals surface area contributed by atoms with Crippen molar-refractivity contribution in [2.75, 3.05) is 5.32 Å². The van der Waals surface area contributed by atoms with Gasteiger partial charge in [-0.15, -0.1) is 11.3 Å². The fraction of sp³-hybridized carbons (Fsp3) is 0.188. The number of aryl methyl sites for hydroxylation is 2. The maximum absolute atomic E-state index is 12.2. The fourth-order valence-corrected chi connectivity index (χ4v) is 3.52. The lowest BCUT2D eigenvalue weighted by Gasteiger charge is -2.09. The first kappa shape index (κ1) is 15.9. The second kappa shape index (κ2) is 6.64. The van der Waals surface area contributed by atoms with E-state index < -0.39 is 0 Å². The van der Waals surface area contributed by atoms with Crippen molar-refractivity contribution < 1.29 is 4.79 Å². The number of hydrogen-bond acceptors (Lipinski definition) is 4. The molecule has 0 radical (unpaired) electrons. The highest BCUT2D eigenvalue weighted by Crippen LogP contribution is 2.23. The molecule has 0 aliphatic heterocycles. The zero-order chi connectivity index (χ0) is 16.4. The summed E-state index contributed by atoms with van der Waals surface area (Å²) in [6.07, 6.45) is 1.70. The Morgan fingerprint density at radius 2 is 2.22 bits per heavy atom. The van der Waals surface area contributed by atoms with Gasteiger partial charge in [0.1, 0.15) is 4.83 Å². The van der Waals surface area contributed by atoms with Gasteiger partial charge in [0.25, 0.3) is 5.56 Å². The zero-order valence-corrected chi connectivity index (χ0v) is 14.8. The van der Waals surface area contributed by atoms with Crippen molar-refractivity contribution in [2.45, 2.75) is 19.9 Å². The first-order valence-corrected chi connectivity index (χ1v) is 8.70. The molecule has 1 amide bonds. The minimum absolute atomic E-state index is 0.111. The third-order valence-electron chi connectivity index (χ3n) is 3.43. The van der Waals surface area contributed by atoms with Crippen LogP contribution in [0.25, 0.3) is 10.2 Å². The van der Waals surface area contributed by atoms with Gasteiger partial charge in [-0.05, 0) is 52.0 Å². The van der Waals surface area contributed by atoms with Gasteiger partial charge in [-0.1, -0.05) is 6.07 Å². The largest absolute Gasteiger partial charge is 0.325 e. The average Bonchev–Trinajstić information content (AvgIpc) is 2.99. The summed E-state index contributed by atoms with van der Waals surface area (Å²) in [5.41, 5.74) is 1.72. The second-order valence-electron chi connectivity index (χ2n) is 5.16. The summed E-state index contributed by atoms with van der Waals surface area (Å²) < 4.78 is 2.31. The van der Waals surface area contributed by atoms with E-state index >= 15 is 0 Å². The topological polar surface area (TPSA) is 64.0 Å². The first-order chi connectivity index (χ1) is 11.0. The monoisotopic (exact) mass is 391 g/mol. The number of halogens is 1. The molecule has 0 bridgehead atoms. The normalized spacial score (nSPS) is 10.9. The minimum Gasteiger partial charge on any atom is -0.325 e. The lowest BCUT2D eigenvalue weighted by atomic mass is 10.2. The highest BCUT2D eigenvalue weighted by molar-refractivity contribution is 9.10. The summed E-state index contributed by atoms with van der Waals surface area (Å²) in [7, 11) is 0. The number of anilines is 1. The van der Waals surface area contributed by atoms with E-state index in [1.807, 2.05) is 30.5 Å². The van der Waals surface area contributed by atoms with Crippen molar-refractivity contribution in [1.82, 2.24) is 9.55 Å². The van der Waals surface area contributed by atoms with Gasteiger partial charge in [-0.3, -0.25) is 14.2 Å². The lowest BCUT2D eigenvalue weighted by molar-refractivity contribution is -0.116. The lowest BCUT2D eigenvalue weighted by Crippen LogP contribution is -2.23. The van der Waals surface area contributed by atoms with Crippen LogP contribution >= 0.6 is 27.3 Å². The number of fused-ring (bicyclic) bond motifs is 1. The predicted octanol–water partition coefficient (Wildman–Crippen LogP) is 3.56. The minimum atomic E-state index is -0.146. The van der Waals surface area contributed by atoms with Crippen molar-refractivity contribution in [3.8, 4) is 0 Å². The molecule has 0 fully saturated rings. The molecule has 3 rings (SSSR count). The summed E-state index contributed by atoms with van der Waals surface area (Å²) >= 11 is 4.86. The van der Waals surface area contributed by atoms with Crippen molar-refractivity contribution >= 4 is 49.1 Å². The Morgan fingerprint density at radius 3 is 3.00 bits per heavy atom. The van der Waals surface area contributed by atoms with Crippen LogP contribution in [-0.2, 0) is 11.3 Å². The van der Waals surface area contributed by atoms with Crippen LogP contribution in [0.3, 0.4) is 0 Å². The van der Waals surface area contributed by atoms with Crippen LogP contribution in [0.2, 0.25) is 0 Å². The number of carbonyl (C=O) groups excluding carboxylic acids is 1. The van der Waals surface area contributed by atoms with Crippen LogP contribution in [0.1, 0.15) is 12.0 Å². The molecule has 0 saturated heterocycles. The fourth-order valence-electron chi connectivity index (χ4n) is 2.21. The van der Waals surface area contributed by atoms with E-state index in [-0.39, 0.29) is 17.9 Å². The molecular weight excluding hydrogens is 378 g/mol. The Kier molecular flexibility index (Phi) is 4.58. The molecule has 23 heavy (non-hydrogen) atoms. The Balaban J connectivity index is 1.68. The number of nitrogens with zero attached hydrogens (tertiary/aromatic N) is 2. The molecule has 0 aliphatic carbocycles. The van der Waals surface area contributed by atoms with Crippen LogP contribution in [0.4, 0.5) is 5.69 Å². The van der Waals surface area contributed by atoms with Crippen molar-refractivity contribution in [2.24, 2.45) is 0 Å². The van der Waals surface area contributed by atoms with Gasteiger partial charge in [-0.2, -0.15) is 0 Å². The van der Waals surface area contributed by atoms with E-state index in [2.05, 4.69) is 26.2 Å². The van der Waals surface area contributed by atoms with Crippen molar-refractivity contribution in [1.29, 1.82) is 0 Å². The summed E-state index contributed by atoms with van der Waals surface area (Å²) in [4.78, 5) is 29.3. The van der Waals surface area contributed by atoms with Crippen LogP contribution < -0.4 is 10.9 Å². The quantitative estimate of drug-likeness (QED) is 0.739. The Morgan fingerprint density at radius 1 is 1.39 bits per heavy atom. The van der Waals surface area contributed by atoms with E-state index in [0.29, 0.717) is 11.9 Å². The van der Waals surface area contributed by atoms with Gasteiger partial charge in [0.05, 0.1) is 17.4 Å². The maximum atomic E-state index is 12.2. The van der Waals surface area contributed by atoms with Gasteiger partial charge in [0, 0.05) is 17.4 Å². The van der Waals surface area contributed by atoms with Gasteiger partial charge < -0.3 is 5.32 Å². The molecule has 0 saturated carbocycles. The van der Waals surface area contributed by atoms with E-state index in [0.717, 1.165) is 20.6 Å². The van der Waals surface area contributed by atoms with Gasteiger partial charge in [0.15, 0.2) is 0 Å². The first-order valence-electron chi connectivity index (χ1n) is 7.03. The van der Waals surface area contributed by atoms with E-state index in [1.54, 1.807) is 6.07 Å². The number of aromatic nitrogens is 2. The number of benzene rings is 1. The summed E-state index contributed by atoms with van der Waals surface area (Å²) in [5.74, 6) is -0.146. The smallest absolute Gasteiger partial charge is 0.262 e. The summed E-state index contributed by atoms with van der Waals surface area (Å²) in [6.45, 7) is 2.28. The van der Waals surface area contributed by atoms with E-state index in [4.69, 9.17) is 0 Å². The molecule has 1 aromatic carbocycles. The SMILES string of the molecule is Cc1ccc(NC(=O)CCn2cnc3sccc3c2=O)c(Br)c1. The van der Waals surface area contributed by atoms with Crippen LogP contribution in [0.5, 0.6) is 0 Å². The van der Waals surface area contributed by atoms with Gasteiger partial charge in [-0.25, -0.2) is 4.98 Å². The van der Waals surface area contributed by atoms with Crippen LogP contribution in [0.15, 0.2) is 45.2 Å². The molecule has 0 atom stereocenters. The second-order valence-corrected chi connectivity index (χ2v) is 6.91. The van der Waals surface area contributed by atoms with Gasteiger partial charge >= 0.3 is 0 Å². The Bertz CT molecular complexity index is 932. The van der Waals surface area contributed by atoms with Crippen molar-refractivity contribution in [3.05, 3.63) is 56.4 Å². The maximum Gasteiger partial charge on any atom is 0.262 e. The Labute approximate surface area is 145 Å². The Hall–Kier alpha value is -1.99. The molecule has 2 aromatic heterocycles. The summed E-state index contributed by atoms with van der Waals surface area (Å²) in [6, 6.07) is 7.48. The molecule has 118 valence electrons. The van der Waals surface area contributed by atoms with Gasteiger partial charge in [0.2, 0.25) is 5.91 Å².